The lowest BCUT2D eigenvalue weighted by atomic mass is 9.92. The fourth-order valence-electron chi connectivity index (χ4n) is 3.43. The second-order valence-electron chi connectivity index (χ2n) is 6.32. The lowest BCUT2D eigenvalue weighted by Crippen LogP contribution is -2.38. The first-order valence-corrected chi connectivity index (χ1v) is 8.43. The zero-order valence-corrected chi connectivity index (χ0v) is 13.5. The van der Waals surface area contributed by atoms with Crippen molar-refractivity contribution in [3.63, 3.8) is 0 Å². The molecule has 1 aromatic heterocycles. The van der Waals surface area contributed by atoms with Crippen molar-refractivity contribution in [1.82, 2.24) is 9.88 Å². The van der Waals surface area contributed by atoms with Crippen LogP contribution in [0.3, 0.4) is 0 Å². The average Bonchev–Trinajstić information content (AvgIpc) is 2.79. The summed E-state index contributed by atoms with van der Waals surface area (Å²) in [6, 6.07) is 10.1. The molecule has 1 N–H and O–H groups in total. The molecule has 0 bridgehead atoms. The summed E-state index contributed by atoms with van der Waals surface area (Å²) in [5.74, 6) is 1.48. The average molecular weight is 302 g/mol. The minimum atomic E-state index is 0.0435. The number of hydrogen-bond acceptors (Lipinski definition) is 3. The first-order chi connectivity index (χ1) is 10.1. The van der Waals surface area contributed by atoms with Crippen LogP contribution in [-0.4, -0.2) is 23.0 Å². The minimum absolute atomic E-state index is 0.0435. The Morgan fingerprint density at radius 2 is 1.86 bits per heavy atom. The van der Waals surface area contributed by atoms with E-state index in [4.69, 9.17) is 0 Å². The van der Waals surface area contributed by atoms with E-state index in [1.807, 2.05) is 18.2 Å². The summed E-state index contributed by atoms with van der Waals surface area (Å²) in [7, 11) is 0. The summed E-state index contributed by atoms with van der Waals surface area (Å²) in [6.07, 6.45) is 1.31. The van der Waals surface area contributed by atoms with Gasteiger partial charge in [0.2, 0.25) is 0 Å². The van der Waals surface area contributed by atoms with Gasteiger partial charge in [-0.05, 0) is 23.8 Å². The smallest absolute Gasteiger partial charge is 0.305 e. The maximum Gasteiger partial charge on any atom is 0.305 e. The Morgan fingerprint density at radius 3 is 2.52 bits per heavy atom. The Bertz CT molecular complexity index is 636. The van der Waals surface area contributed by atoms with Gasteiger partial charge in [-0.2, -0.15) is 0 Å². The zero-order valence-electron chi connectivity index (χ0n) is 12.6. The fraction of sp³-hybridized carbons (Fsp3) is 0.471. The normalized spacial score (nSPS) is 23.3. The first-order valence-electron chi connectivity index (χ1n) is 7.61. The van der Waals surface area contributed by atoms with E-state index in [9.17, 15) is 4.79 Å². The van der Waals surface area contributed by atoms with Gasteiger partial charge in [0, 0.05) is 24.5 Å². The van der Waals surface area contributed by atoms with Crippen molar-refractivity contribution in [2.75, 3.05) is 13.1 Å². The van der Waals surface area contributed by atoms with E-state index < -0.39 is 0 Å². The lowest BCUT2D eigenvalue weighted by Gasteiger charge is -2.34. The highest BCUT2D eigenvalue weighted by Gasteiger charge is 2.23. The van der Waals surface area contributed by atoms with Crippen molar-refractivity contribution in [2.24, 2.45) is 11.8 Å². The van der Waals surface area contributed by atoms with Crippen LogP contribution in [-0.2, 0) is 6.54 Å². The van der Waals surface area contributed by atoms with Crippen molar-refractivity contribution < 1.29 is 0 Å². The first kappa shape index (κ1) is 14.5. The number of piperidine rings is 1. The maximum atomic E-state index is 11.8. The molecular formula is C17H22N2OS. The molecule has 2 atom stereocenters. The van der Waals surface area contributed by atoms with Gasteiger partial charge in [-0.1, -0.05) is 55.5 Å². The number of aromatic amines is 1. The van der Waals surface area contributed by atoms with Crippen LogP contribution in [0, 0.1) is 11.8 Å². The molecule has 21 heavy (non-hydrogen) atoms. The quantitative estimate of drug-likeness (QED) is 0.940. The Hall–Kier alpha value is -1.39. The van der Waals surface area contributed by atoms with Gasteiger partial charge < -0.3 is 4.98 Å². The molecule has 0 aliphatic carbocycles. The van der Waals surface area contributed by atoms with E-state index in [0.717, 1.165) is 47.6 Å². The predicted molar refractivity (Wildman–Crippen MR) is 88.6 cm³/mol. The van der Waals surface area contributed by atoms with Crippen LogP contribution in [0.15, 0.2) is 35.1 Å². The van der Waals surface area contributed by atoms with E-state index in [-0.39, 0.29) is 4.87 Å². The van der Waals surface area contributed by atoms with Crippen molar-refractivity contribution in [1.29, 1.82) is 0 Å². The monoisotopic (exact) mass is 302 g/mol. The highest BCUT2D eigenvalue weighted by atomic mass is 32.1. The van der Waals surface area contributed by atoms with Crippen LogP contribution in [0.2, 0.25) is 0 Å². The van der Waals surface area contributed by atoms with Crippen molar-refractivity contribution in [2.45, 2.75) is 26.8 Å². The van der Waals surface area contributed by atoms with Crippen LogP contribution < -0.4 is 4.87 Å². The zero-order chi connectivity index (χ0) is 14.8. The third-order valence-electron chi connectivity index (χ3n) is 4.10. The van der Waals surface area contributed by atoms with Gasteiger partial charge >= 0.3 is 4.87 Å². The summed E-state index contributed by atoms with van der Waals surface area (Å²) in [4.78, 5) is 18.5. The number of likely N-dealkylation sites (tertiary alicyclic amines) is 1. The third-order valence-corrected chi connectivity index (χ3v) is 4.96. The van der Waals surface area contributed by atoms with E-state index in [0.29, 0.717) is 0 Å². The second kappa shape index (κ2) is 6.16. The van der Waals surface area contributed by atoms with Crippen LogP contribution in [0.1, 0.15) is 25.1 Å². The van der Waals surface area contributed by atoms with Crippen LogP contribution >= 0.6 is 11.3 Å². The van der Waals surface area contributed by atoms with Crippen LogP contribution in [0.5, 0.6) is 0 Å². The number of rotatable bonds is 3. The molecule has 3 rings (SSSR count). The van der Waals surface area contributed by atoms with Gasteiger partial charge in [0.25, 0.3) is 0 Å². The molecule has 0 spiro atoms. The largest absolute Gasteiger partial charge is 0.312 e. The number of hydrogen-bond donors (Lipinski definition) is 1. The summed E-state index contributed by atoms with van der Waals surface area (Å²) >= 11 is 1.35. The van der Waals surface area contributed by atoms with Gasteiger partial charge in [0.05, 0.1) is 5.69 Å². The number of thiazole rings is 1. The van der Waals surface area contributed by atoms with Gasteiger partial charge in [-0.3, -0.25) is 9.69 Å². The van der Waals surface area contributed by atoms with Crippen molar-refractivity contribution in [3.05, 3.63) is 44.9 Å². The molecule has 1 aromatic carbocycles. The summed E-state index contributed by atoms with van der Waals surface area (Å²) in [6.45, 7) is 7.78. The number of nitrogens with zero attached hydrogens (tertiary/aromatic N) is 1. The molecular weight excluding hydrogens is 280 g/mol. The second-order valence-corrected chi connectivity index (χ2v) is 7.39. The molecule has 0 saturated carbocycles. The molecule has 2 aromatic rings. The number of nitrogens with one attached hydrogen (secondary N) is 1. The summed E-state index contributed by atoms with van der Waals surface area (Å²) in [5, 5.41) is 0. The summed E-state index contributed by atoms with van der Waals surface area (Å²) < 4.78 is 0. The van der Waals surface area contributed by atoms with Crippen LogP contribution in [0.4, 0.5) is 0 Å². The van der Waals surface area contributed by atoms with E-state index in [2.05, 4.69) is 35.9 Å². The van der Waals surface area contributed by atoms with E-state index >= 15 is 0 Å². The predicted octanol–water partition coefficient (Wildman–Crippen LogP) is 3.58. The molecule has 0 radical (unpaired) electrons. The standard InChI is InChI=1S/C17H22N2OS/c1-12-8-13(2)10-19(9-12)11-15-16(18-17(20)21-15)14-6-4-3-5-7-14/h3-7,12-13H,8-11H2,1-2H3,(H,18,20). The highest BCUT2D eigenvalue weighted by molar-refractivity contribution is 7.09. The molecule has 3 nitrogen and oxygen atoms in total. The number of benzene rings is 1. The Morgan fingerprint density at radius 1 is 1.19 bits per heavy atom. The number of aromatic nitrogens is 1. The Labute approximate surface area is 129 Å². The molecule has 1 saturated heterocycles. The Balaban J connectivity index is 1.84. The van der Waals surface area contributed by atoms with Gasteiger partial charge in [-0.15, -0.1) is 0 Å². The molecule has 112 valence electrons. The van der Waals surface area contributed by atoms with Gasteiger partial charge in [0.15, 0.2) is 0 Å². The van der Waals surface area contributed by atoms with Crippen molar-refractivity contribution in [3.8, 4) is 11.3 Å². The molecule has 4 heteroatoms. The molecule has 1 fully saturated rings. The van der Waals surface area contributed by atoms with E-state index in [1.165, 1.54) is 17.8 Å². The highest BCUT2D eigenvalue weighted by Crippen LogP contribution is 2.27. The van der Waals surface area contributed by atoms with Crippen LogP contribution in [0.25, 0.3) is 11.3 Å². The molecule has 0 amide bonds. The Kier molecular flexibility index (Phi) is 4.27. The van der Waals surface area contributed by atoms with E-state index in [1.54, 1.807) is 0 Å². The van der Waals surface area contributed by atoms with Gasteiger partial charge in [-0.25, -0.2) is 0 Å². The van der Waals surface area contributed by atoms with Crippen molar-refractivity contribution >= 4 is 11.3 Å². The minimum Gasteiger partial charge on any atom is -0.312 e. The maximum absolute atomic E-state index is 11.8. The summed E-state index contributed by atoms with van der Waals surface area (Å²) in [5.41, 5.74) is 2.10. The topological polar surface area (TPSA) is 36.1 Å². The SMILES string of the molecule is CC1CC(C)CN(Cc2sc(=O)[nH]c2-c2ccccc2)C1. The molecule has 2 unspecified atom stereocenters. The van der Waals surface area contributed by atoms with Gasteiger partial charge in [0.1, 0.15) is 0 Å². The molecule has 2 heterocycles. The molecule has 1 aliphatic rings. The third kappa shape index (κ3) is 3.44. The fourth-order valence-corrected chi connectivity index (χ4v) is 4.33. The lowest BCUT2D eigenvalue weighted by molar-refractivity contribution is 0.135. The number of H-pyrrole nitrogens is 1. The molecule has 1 aliphatic heterocycles.